The molecule has 0 aliphatic carbocycles. The Kier molecular flexibility index (Phi) is 6.48. The fraction of sp³-hybridized carbons (Fsp3) is 0.280. The normalized spacial score (nSPS) is 19.6. The average molecular weight is 418 g/mol. The first-order valence-corrected chi connectivity index (χ1v) is 10.5. The lowest BCUT2D eigenvalue weighted by Crippen LogP contribution is -2.54. The summed E-state index contributed by atoms with van der Waals surface area (Å²) in [5, 5.41) is 2.87. The summed E-state index contributed by atoms with van der Waals surface area (Å²) in [6.45, 7) is 2.88. The Hall–Kier alpha value is -3.38. The molecule has 0 bridgehead atoms. The number of benzene rings is 2. The molecule has 3 atom stereocenters. The van der Waals surface area contributed by atoms with Crippen LogP contribution in [0.1, 0.15) is 34.7 Å². The molecule has 2 heterocycles. The summed E-state index contributed by atoms with van der Waals surface area (Å²) in [6.07, 6.45) is 1.53. The molecule has 3 aromatic rings. The molecule has 0 saturated carbocycles. The molecule has 1 saturated heterocycles. The van der Waals surface area contributed by atoms with Gasteiger partial charge in [0.05, 0.1) is 18.9 Å². The van der Waals surface area contributed by atoms with E-state index in [4.69, 9.17) is 9.15 Å². The number of ether oxygens (including phenoxy) is 1. The van der Waals surface area contributed by atoms with E-state index in [0.29, 0.717) is 19.5 Å². The summed E-state index contributed by atoms with van der Waals surface area (Å²) >= 11 is 0. The molecule has 0 spiro atoms. The highest BCUT2D eigenvalue weighted by atomic mass is 16.5. The van der Waals surface area contributed by atoms with Crippen molar-refractivity contribution in [3.05, 3.63) is 95.9 Å². The molecule has 1 aliphatic rings. The lowest BCUT2D eigenvalue weighted by atomic mass is 10.0. The maximum atomic E-state index is 13.6. The van der Waals surface area contributed by atoms with Crippen molar-refractivity contribution in [3.63, 3.8) is 0 Å². The predicted octanol–water partition coefficient (Wildman–Crippen LogP) is 3.61. The van der Waals surface area contributed by atoms with Gasteiger partial charge in [-0.2, -0.15) is 0 Å². The van der Waals surface area contributed by atoms with E-state index in [0.717, 1.165) is 11.1 Å². The smallest absolute Gasteiger partial charge is 0.287 e. The fourth-order valence-electron chi connectivity index (χ4n) is 3.89. The van der Waals surface area contributed by atoms with Gasteiger partial charge in [-0.1, -0.05) is 60.7 Å². The number of morpholine rings is 1. The maximum absolute atomic E-state index is 13.6. The molecule has 1 aliphatic heterocycles. The zero-order valence-corrected chi connectivity index (χ0v) is 17.4. The summed E-state index contributed by atoms with van der Waals surface area (Å²) in [6, 6.07) is 22.1. The van der Waals surface area contributed by atoms with Crippen molar-refractivity contribution < 1.29 is 18.7 Å². The Morgan fingerprint density at radius 3 is 2.39 bits per heavy atom. The van der Waals surface area contributed by atoms with Crippen molar-refractivity contribution >= 4 is 11.8 Å². The molecule has 1 fully saturated rings. The van der Waals surface area contributed by atoms with Crippen LogP contribution in [0.5, 0.6) is 0 Å². The third-order valence-electron chi connectivity index (χ3n) is 5.37. The van der Waals surface area contributed by atoms with Crippen LogP contribution in [0.4, 0.5) is 0 Å². The Morgan fingerprint density at radius 2 is 1.71 bits per heavy atom. The number of hydrogen-bond donors (Lipinski definition) is 1. The van der Waals surface area contributed by atoms with Gasteiger partial charge in [0.15, 0.2) is 5.76 Å². The highest BCUT2D eigenvalue weighted by Crippen LogP contribution is 2.25. The first kappa shape index (κ1) is 20.9. The van der Waals surface area contributed by atoms with Crippen LogP contribution in [-0.4, -0.2) is 41.9 Å². The monoisotopic (exact) mass is 418 g/mol. The van der Waals surface area contributed by atoms with Gasteiger partial charge in [-0.05, 0) is 30.2 Å². The minimum Gasteiger partial charge on any atom is -0.459 e. The molecule has 2 aromatic carbocycles. The molecule has 6 heteroatoms. The molecular weight excluding hydrogens is 392 g/mol. The number of rotatable bonds is 6. The van der Waals surface area contributed by atoms with Gasteiger partial charge in [-0.25, -0.2) is 0 Å². The number of nitrogens with one attached hydrogen (secondary N) is 1. The molecule has 1 N–H and O–H groups in total. The number of hydrogen-bond acceptors (Lipinski definition) is 4. The molecule has 4 rings (SSSR count). The molecule has 0 radical (unpaired) electrons. The van der Waals surface area contributed by atoms with Gasteiger partial charge in [0.2, 0.25) is 5.91 Å². The summed E-state index contributed by atoms with van der Waals surface area (Å²) in [5.74, 6) is -0.344. The zero-order chi connectivity index (χ0) is 21.6. The van der Waals surface area contributed by atoms with Crippen LogP contribution in [0.25, 0.3) is 0 Å². The quantitative estimate of drug-likeness (QED) is 0.664. The van der Waals surface area contributed by atoms with Crippen molar-refractivity contribution in [2.45, 2.75) is 31.6 Å². The van der Waals surface area contributed by atoms with Crippen LogP contribution in [0.2, 0.25) is 0 Å². The van der Waals surface area contributed by atoms with Gasteiger partial charge in [-0.15, -0.1) is 0 Å². The minimum absolute atomic E-state index is 0.110. The van der Waals surface area contributed by atoms with E-state index in [1.165, 1.54) is 6.26 Å². The van der Waals surface area contributed by atoms with Gasteiger partial charge in [0.1, 0.15) is 12.1 Å². The molecule has 6 nitrogen and oxygen atoms in total. The predicted molar refractivity (Wildman–Crippen MR) is 116 cm³/mol. The van der Waals surface area contributed by atoms with E-state index < -0.39 is 11.9 Å². The topological polar surface area (TPSA) is 71.8 Å². The summed E-state index contributed by atoms with van der Waals surface area (Å²) in [5.41, 5.74) is 2.01. The second kappa shape index (κ2) is 9.62. The van der Waals surface area contributed by atoms with E-state index >= 15 is 0 Å². The minimum atomic E-state index is -0.707. The van der Waals surface area contributed by atoms with E-state index in [1.807, 2.05) is 67.6 Å². The lowest BCUT2D eigenvalue weighted by molar-refractivity contribution is -0.146. The van der Waals surface area contributed by atoms with Gasteiger partial charge < -0.3 is 19.4 Å². The second-order valence-corrected chi connectivity index (χ2v) is 7.78. The summed E-state index contributed by atoms with van der Waals surface area (Å²) in [7, 11) is 0. The SMILES string of the molecule is CC1CN(C(=O)C(Cc2ccccc2)NC(=O)c2ccco2)CC(c2ccccc2)O1. The molecule has 1 aromatic heterocycles. The third kappa shape index (κ3) is 5.22. The van der Waals surface area contributed by atoms with Gasteiger partial charge in [-0.3, -0.25) is 9.59 Å². The first-order valence-electron chi connectivity index (χ1n) is 10.5. The maximum Gasteiger partial charge on any atom is 0.287 e. The molecule has 31 heavy (non-hydrogen) atoms. The number of carbonyl (C=O) groups excluding carboxylic acids is 2. The van der Waals surface area contributed by atoms with Crippen LogP contribution in [0, 0.1) is 0 Å². The van der Waals surface area contributed by atoms with Crippen molar-refractivity contribution in [1.82, 2.24) is 10.2 Å². The third-order valence-corrected chi connectivity index (χ3v) is 5.37. The Labute approximate surface area is 181 Å². The number of furan rings is 1. The van der Waals surface area contributed by atoms with Crippen LogP contribution >= 0.6 is 0 Å². The van der Waals surface area contributed by atoms with E-state index in [-0.39, 0.29) is 23.9 Å². The van der Waals surface area contributed by atoms with Gasteiger partial charge in [0, 0.05) is 13.0 Å². The highest BCUT2D eigenvalue weighted by Gasteiger charge is 2.34. The van der Waals surface area contributed by atoms with Crippen LogP contribution < -0.4 is 5.32 Å². The number of amides is 2. The first-order chi connectivity index (χ1) is 15.1. The Balaban J connectivity index is 1.54. The fourth-order valence-corrected chi connectivity index (χ4v) is 3.89. The van der Waals surface area contributed by atoms with Crippen LogP contribution in [0.3, 0.4) is 0 Å². The number of nitrogens with zero attached hydrogens (tertiary/aromatic N) is 1. The van der Waals surface area contributed by atoms with Crippen molar-refractivity contribution in [2.24, 2.45) is 0 Å². The molecular formula is C25H26N2O4. The molecule has 160 valence electrons. The summed E-state index contributed by atoms with van der Waals surface area (Å²) < 4.78 is 11.3. The Bertz CT molecular complexity index is 989. The average Bonchev–Trinajstić information content (AvgIpc) is 3.34. The van der Waals surface area contributed by atoms with Crippen molar-refractivity contribution in [3.8, 4) is 0 Å². The van der Waals surface area contributed by atoms with Crippen LogP contribution in [0.15, 0.2) is 83.5 Å². The second-order valence-electron chi connectivity index (χ2n) is 7.78. The van der Waals surface area contributed by atoms with Crippen molar-refractivity contribution in [1.29, 1.82) is 0 Å². The lowest BCUT2D eigenvalue weighted by Gasteiger charge is -2.38. The largest absolute Gasteiger partial charge is 0.459 e. The highest BCUT2D eigenvalue weighted by molar-refractivity contribution is 5.95. The standard InChI is InChI=1S/C25H26N2O4/c1-18-16-27(17-23(31-18)20-11-6-3-7-12-20)25(29)21(15-19-9-4-2-5-10-19)26-24(28)22-13-8-14-30-22/h2-14,18,21,23H,15-17H2,1H3,(H,26,28). The molecule has 3 unspecified atom stereocenters. The van der Waals surface area contributed by atoms with Crippen molar-refractivity contribution in [2.75, 3.05) is 13.1 Å². The van der Waals surface area contributed by atoms with E-state index in [2.05, 4.69) is 5.32 Å². The van der Waals surface area contributed by atoms with Crippen LogP contribution in [-0.2, 0) is 16.0 Å². The summed E-state index contributed by atoms with van der Waals surface area (Å²) in [4.78, 5) is 28.0. The van der Waals surface area contributed by atoms with Gasteiger partial charge >= 0.3 is 0 Å². The van der Waals surface area contributed by atoms with E-state index in [1.54, 1.807) is 17.0 Å². The Morgan fingerprint density at radius 1 is 1.00 bits per heavy atom. The van der Waals surface area contributed by atoms with E-state index in [9.17, 15) is 9.59 Å². The molecule has 2 amide bonds. The zero-order valence-electron chi connectivity index (χ0n) is 17.4. The number of carbonyl (C=O) groups is 2. The van der Waals surface area contributed by atoms with Gasteiger partial charge in [0.25, 0.3) is 5.91 Å².